The lowest BCUT2D eigenvalue weighted by Crippen LogP contribution is -2.34. The van der Waals surface area contributed by atoms with Crippen molar-refractivity contribution in [1.82, 2.24) is 15.2 Å². The number of rotatable bonds is 6. The van der Waals surface area contributed by atoms with Crippen LogP contribution in [0.5, 0.6) is 5.88 Å². The first-order chi connectivity index (χ1) is 14.6. The van der Waals surface area contributed by atoms with Crippen molar-refractivity contribution < 1.29 is 37.0 Å². The first-order valence-electron chi connectivity index (χ1n) is 9.46. The van der Waals surface area contributed by atoms with E-state index in [2.05, 4.69) is 10.3 Å². The summed E-state index contributed by atoms with van der Waals surface area (Å²) < 4.78 is 56.5. The van der Waals surface area contributed by atoms with Crippen LogP contribution >= 0.6 is 11.3 Å². The zero-order valence-electron chi connectivity index (χ0n) is 17.1. The Hall–Kier alpha value is -2.60. The molecule has 0 aromatic carbocycles. The fraction of sp³-hybridized carbons (Fsp3) is 0.526. The van der Waals surface area contributed by atoms with Crippen molar-refractivity contribution in [3.8, 4) is 5.88 Å². The van der Waals surface area contributed by atoms with Gasteiger partial charge in [-0.25, -0.2) is 9.78 Å². The van der Waals surface area contributed by atoms with E-state index in [0.717, 1.165) is 17.4 Å². The maximum atomic E-state index is 13.6. The number of hydrogen-bond acceptors (Lipinski definition) is 7. The monoisotopic (exact) mass is 461 g/mol. The molecule has 8 nitrogen and oxygen atoms in total. The molecule has 2 atom stereocenters. The highest BCUT2D eigenvalue weighted by Crippen LogP contribution is 2.40. The molecular formula is C19H22F3N3O5S. The van der Waals surface area contributed by atoms with E-state index in [1.54, 1.807) is 6.92 Å². The molecule has 0 saturated carbocycles. The standard InChI is InChI=1S/C19H22F3N3O5S/c1-10(8-28-3)29-18(27)25-5-4-11(7-25)30-14-6-13(19(20,21)22)16-15(24-14)12(9-31-16)17(26)23-2/h6,9-11H,4-5,7-8H2,1-3H3,(H,23,26)/t10?,11-/m0/s1. The summed E-state index contributed by atoms with van der Waals surface area (Å²) in [5, 5.41) is 3.73. The summed E-state index contributed by atoms with van der Waals surface area (Å²) in [7, 11) is 2.88. The summed E-state index contributed by atoms with van der Waals surface area (Å²) in [6.45, 7) is 2.41. The number of hydrogen-bond donors (Lipinski definition) is 1. The lowest BCUT2D eigenvalue weighted by atomic mass is 10.2. The van der Waals surface area contributed by atoms with Crippen molar-refractivity contribution in [1.29, 1.82) is 0 Å². The Morgan fingerprint density at radius 2 is 2.16 bits per heavy atom. The van der Waals surface area contributed by atoms with E-state index in [0.29, 0.717) is 13.0 Å². The van der Waals surface area contributed by atoms with Crippen LogP contribution in [0.3, 0.4) is 0 Å². The van der Waals surface area contributed by atoms with Crippen LogP contribution in [0.4, 0.5) is 18.0 Å². The minimum atomic E-state index is -4.65. The fourth-order valence-corrected chi connectivity index (χ4v) is 4.25. The van der Waals surface area contributed by atoms with Gasteiger partial charge in [-0.3, -0.25) is 4.79 Å². The van der Waals surface area contributed by atoms with Gasteiger partial charge in [0, 0.05) is 38.6 Å². The highest BCUT2D eigenvalue weighted by atomic mass is 32.1. The summed E-state index contributed by atoms with van der Waals surface area (Å²) in [5.41, 5.74) is -0.950. The first kappa shape index (κ1) is 23.1. The van der Waals surface area contributed by atoms with E-state index in [9.17, 15) is 22.8 Å². The zero-order valence-corrected chi connectivity index (χ0v) is 17.9. The molecule has 1 aliphatic heterocycles. The fourth-order valence-electron chi connectivity index (χ4n) is 3.23. The first-order valence-corrected chi connectivity index (χ1v) is 10.3. The number of carbonyl (C=O) groups excluding carboxylic acids is 2. The molecule has 1 aliphatic rings. The van der Waals surface area contributed by atoms with E-state index in [-0.39, 0.29) is 34.8 Å². The van der Waals surface area contributed by atoms with Gasteiger partial charge in [-0.1, -0.05) is 0 Å². The summed E-state index contributed by atoms with van der Waals surface area (Å²) in [6.07, 6.45) is -5.78. The minimum absolute atomic E-state index is 0.0437. The van der Waals surface area contributed by atoms with Crippen LogP contribution in [0.25, 0.3) is 10.2 Å². The molecule has 3 rings (SSSR count). The summed E-state index contributed by atoms with van der Waals surface area (Å²) >= 11 is 0.798. The number of fused-ring (bicyclic) bond motifs is 1. The summed E-state index contributed by atoms with van der Waals surface area (Å²) in [4.78, 5) is 29.8. The Labute approximate surface area is 180 Å². The topological polar surface area (TPSA) is 90.0 Å². The molecule has 31 heavy (non-hydrogen) atoms. The number of likely N-dealkylation sites (tertiary alicyclic amines) is 1. The normalized spacial score (nSPS) is 17.6. The number of pyridine rings is 1. The second-order valence-corrected chi connectivity index (χ2v) is 7.92. The van der Waals surface area contributed by atoms with E-state index in [4.69, 9.17) is 14.2 Å². The Bertz CT molecular complexity index is 965. The third-order valence-corrected chi connectivity index (χ3v) is 5.67. The maximum absolute atomic E-state index is 13.6. The minimum Gasteiger partial charge on any atom is -0.472 e. The summed E-state index contributed by atoms with van der Waals surface area (Å²) in [5.74, 6) is -0.791. The van der Waals surface area contributed by atoms with Gasteiger partial charge < -0.3 is 24.4 Å². The van der Waals surface area contributed by atoms with Gasteiger partial charge in [-0.15, -0.1) is 11.3 Å². The van der Waals surface area contributed by atoms with Crippen molar-refractivity contribution in [2.24, 2.45) is 0 Å². The van der Waals surface area contributed by atoms with E-state index in [1.165, 1.54) is 24.4 Å². The van der Waals surface area contributed by atoms with Crippen molar-refractivity contribution in [2.75, 3.05) is 33.9 Å². The Morgan fingerprint density at radius 3 is 2.81 bits per heavy atom. The van der Waals surface area contributed by atoms with Crippen LogP contribution in [0.15, 0.2) is 11.4 Å². The lowest BCUT2D eigenvalue weighted by molar-refractivity contribution is -0.136. The number of aromatic nitrogens is 1. The quantitative estimate of drug-likeness (QED) is 0.710. The SMILES string of the molecule is CNC(=O)c1csc2c(C(F)(F)F)cc(O[C@H]3CCN(C(=O)OC(C)COC)C3)nc12. The molecule has 0 radical (unpaired) electrons. The molecule has 2 aromatic heterocycles. The lowest BCUT2D eigenvalue weighted by Gasteiger charge is -2.20. The number of amides is 2. The van der Waals surface area contributed by atoms with E-state index >= 15 is 0 Å². The molecular weight excluding hydrogens is 439 g/mol. The van der Waals surface area contributed by atoms with Gasteiger partial charge in [0.1, 0.15) is 12.2 Å². The van der Waals surface area contributed by atoms with Crippen molar-refractivity contribution >= 4 is 33.6 Å². The number of nitrogens with one attached hydrogen (secondary N) is 1. The molecule has 0 aliphatic carbocycles. The zero-order chi connectivity index (χ0) is 22.8. The molecule has 2 amide bonds. The van der Waals surface area contributed by atoms with Crippen molar-refractivity contribution in [2.45, 2.75) is 31.7 Å². The second-order valence-electron chi connectivity index (χ2n) is 7.04. The maximum Gasteiger partial charge on any atom is 0.418 e. The number of halogens is 3. The Balaban J connectivity index is 1.80. The van der Waals surface area contributed by atoms with Crippen LogP contribution in [-0.4, -0.2) is 67.9 Å². The van der Waals surface area contributed by atoms with Crippen LogP contribution in [0, 0.1) is 0 Å². The number of thiophene rings is 1. The smallest absolute Gasteiger partial charge is 0.418 e. The highest BCUT2D eigenvalue weighted by molar-refractivity contribution is 7.17. The van der Waals surface area contributed by atoms with Crippen LogP contribution in [0.1, 0.15) is 29.3 Å². The molecule has 12 heteroatoms. The molecule has 170 valence electrons. The molecule has 1 fully saturated rings. The predicted molar refractivity (Wildman–Crippen MR) is 106 cm³/mol. The largest absolute Gasteiger partial charge is 0.472 e. The number of nitrogens with zero attached hydrogens (tertiary/aromatic N) is 2. The molecule has 1 unspecified atom stereocenters. The predicted octanol–water partition coefficient (Wildman–Crippen LogP) is 3.30. The van der Waals surface area contributed by atoms with Gasteiger partial charge in [0.25, 0.3) is 5.91 Å². The number of carbonyl (C=O) groups is 2. The molecule has 2 aromatic rings. The number of methoxy groups -OCH3 is 1. The van der Waals surface area contributed by atoms with Crippen LogP contribution < -0.4 is 10.1 Å². The summed E-state index contributed by atoms with van der Waals surface area (Å²) in [6, 6.07) is 0.827. The van der Waals surface area contributed by atoms with Crippen LogP contribution in [0.2, 0.25) is 0 Å². The number of ether oxygens (including phenoxy) is 3. The van der Waals surface area contributed by atoms with Crippen molar-refractivity contribution in [3.63, 3.8) is 0 Å². The molecule has 0 bridgehead atoms. The van der Waals surface area contributed by atoms with Gasteiger partial charge >= 0.3 is 12.3 Å². The average Bonchev–Trinajstić information content (AvgIpc) is 3.33. The highest BCUT2D eigenvalue weighted by Gasteiger charge is 2.36. The molecule has 3 heterocycles. The van der Waals surface area contributed by atoms with Gasteiger partial charge in [0.15, 0.2) is 0 Å². The Kier molecular flexibility index (Phi) is 6.90. The third kappa shape index (κ3) is 5.18. The molecule has 1 saturated heterocycles. The third-order valence-electron chi connectivity index (χ3n) is 4.67. The number of alkyl halides is 3. The second kappa shape index (κ2) is 9.27. The van der Waals surface area contributed by atoms with Gasteiger partial charge in [-0.05, 0) is 6.92 Å². The van der Waals surface area contributed by atoms with E-state index in [1.807, 2.05) is 0 Å². The Morgan fingerprint density at radius 1 is 1.42 bits per heavy atom. The van der Waals surface area contributed by atoms with Gasteiger partial charge in [-0.2, -0.15) is 13.2 Å². The van der Waals surface area contributed by atoms with Crippen LogP contribution in [-0.2, 0) is 15.7 Å². The van der Waals surface area contributed by atoms with Crippen molar-refractivity contribution in [3.05, 3.63) is 22.6 Å². The molecule has 0 spiro atoms. The van der Waals surface area contributed by atoms with Gasteiger partial charge in [0.2, 0.25) is 5.88 Å². The van der Waals surface area contributed by atoms with E-state index < -0.39 is 35.9 Å². The van der Waals surface area contributed by atoms with Gasteiger partial charge in [0.05, 0.1) is 34.5 Å². The molecule has 1 N–H and O–H groups in total. The average molecular weight is 461 g/mol.